The van der Waals surface area contributed by atoms with Crippen LogP contribution in [0.1, 0.15) is 10.4 Å². The molecule has 0 radical (unpaired) electrons. The average molecular weight is 260 g/mol. The zero-order chi connectivity index (χ0) is 14.4. The number of nitriles is 1. The summed E-state index contributed by atoms with van der Waals surface area (Å²) in [6.07, 6.45) is 0. The molecule has 0 fully saturated rings. The molecule has 8 heteroatoms. The van der Waals surface area contributed by atoms with E-state index in [1.165, 1.54) is 25.3 Å². The van der Waals surface area contributed by atoms with Crippen LogP contribution < -0.4 is 21.6 Å². The maximum Gasteiger partial charge on any atom is 0.248 e. The molecule has 0 saturated carbocycles. The van der Waals surface area contributed by atoms with Gasteiger partial charge in [0.15, 0.2) is 5.84 Å². The maximum absolute atomic E-state index is 11.0. The molecule has 0 heterocycles. The number of amidine groups is 1. The number of hydrogen-bond acceptors (Lipinski definition) is 6. The van der Waals surface area contributed by atoms with E-state index in [-0.39, 0.29) is 11.3 Å². The van der Waals surface area contributed by atoms with Crippen LogP contribution >= 0.6 is 0 Å². The molecule has 0 spiro atoms. The van der Waals surface area contributed by atoms with Gasteiger partial charge in [-0.3, -0.25) is 15.6 Å². The van der Waals surface area contributed by atoms with E-state index < -0.39 is 11.7 Å². The van der Waals surface area contributed by atoms with Crippen LogP contribution in [-0.4, -0.2) is 24.6 Å². The van der Waals surface area contributed by atoms with Crippen LogP contribution in [-0.2, 0) is 0 Å². The van der Waals surface area contributed by atoms with Crippen molar-refractivity contribution in [2.75, 3.05) is 12.5 Å². The number of benzene rings is 1. The smallest absolute Gasteiger partial charge is 0.248 e. The number of primary amides is 1. The molecule has 0 aliphatic heterocycles. The molecule has 0 bridgehead atoms. The first-order chi connectivity index (χ1) is 8.99. The SMILES string of the molecule is COc1cc(C(N)=O)ccc1N/N=C(\C#N)C(=N)N. The summed E-state index contributed by atoms with van der Waals surface area (Å²) in [5.41, 5.74) is 13.2. The van der Waals surface area contributed by atoms with Crippen LogP contribution in [0, 0.1) is 16.7 Å². The number of carbonyl (C=O) groups is 1. The third-order valence-electron chi connectivity index (χ3n) is 2.14. The van der Waals surface area contributed by atoms with Gasteiger partial charge in [0, 0.05) is 5.56 Å². The van der Waals surface area contributed by atoms with E-state index in [0.717, 1.165) is 0 Å². The van der Waals surface area contributed by atoms with E-state index in [4.69, 9.17) is 26.9 Å². The lowest BCUT2D eigenvalue weighted by Crippen LogP contribution is -2.22. The van der Waals surface area contributed by atoms with Gasteiger partial charge in [0.1, 0.15) is 11.8 Å². The van der Waals surface area contributed by atoms with Crippen molar-refractivity contribution in [3.05, 3.63) is 23.8 Å². The minimum absolute atomic E-state index is 0.263. The van der Waals surface area contributed by atoms with Crippen molar-refractivity contribution in [2.45, 2.75) is 0 Å². The van der Waals surface area contributed by atoms with Gasteiger partial charge in [-0.2, -0.15) is 10.4 Å². The quantitative estimate of drug-likeness (QED) is 0.334. The van der Waals surface area contributed by atoms with E-state index in [9.17, 15) is 4.79 Å². The van der Waals surface area contributed by atoms with Crippen LogP contribution in [0.2, 0.25) is 0 Å². The third-order valence-corrected chi connectivity index (χ3v) is 2.14. The second kappa shape index (κ2) is 6.02. The summed E-state index contributed by atoms with van der Waals surface area (Å²) >= 11 is 0. The molecule has 1 aromatic rings. The van der Waals surface area contributed by atoms with Gasteiger partial charge in [0.2, 0.25) is 11.6 Å². The molecular formula is C11H12N6O2. The van der Waals surface area contributed by atoms with Gasteiger partial charge in [-0.25, -0.2) is 0 Å². The first-order valence-corrected chi connectivity index (χ1v) is 5.05. The molecule has 1 rings (SSSR count). The lowest BCUT2D eigenvalue weighted by molar-refractivity contribution is 0.1000. The second-order valence-electron chi connectivity index (χ2n) is 3.38. The summed E-state index contributed by atoms with van der Waals surface area (Å²) in [4.78, 5) is 11.0. The summed E-state index contributed by atoms with van der Waals surface area (Å²) in [7, 11) is 1.41. The Labute approximate surface area is 109 Å². The molecule has 1 aromatic carbocycles. The van der Waals surface area contributed by atoms with E-state index in [1.54, 1.807) is 6.07 Å². The Morgan fingerprint density at radius 2 is 2.21 bits per heavy atom. The lowest BCUT2D eigenvalue weighted by atomic mass is 10.2. The van der Waals surface area contributed by atoms with Crippen LogP contribution in [0.3, 0.4) is 0 Å². The average Bonchev–Trinajstić information content (AvgIpc) is 2.38. The molecular weight excluding hydrogens is 248 g/mol. The predicted octanol–water partition coefficient (Wildman–Crippen LogP) is 0.0215. The number of nitrogens with two attached hydrogens (primary N) is 2. The van der Waals surface area contributed by atoms with Gasteiger partial charge in [0.05, 0.1) is 12.8 Å². The maximum atomic E-state index is 11.0. The van der Waals surface area contributed by atoms with Crippen LogP contribution in [0.25, 0.3) is 0 Å². The first-order valence-electron chi connectivity index (χ1n) is 5.05. The van der Waals surface area contributed by atoms with Gasteiger partial charge in [0.25, 0.3) is 0 Å². The van der Waals surface area contributed by atoms with Crippen LogP contribution in [0.15, 0.2) is 23.3 Å². The highest BCUT2D eigenvalue weighted by atomic mass is 16.5. The standard InChI is InChI=1S/C11H12N6O2/c1-19-9-4-6(11(15)18)2-3-7(9)16-17-8(5-12)10(13)14/h2-4,16H,1H3,(H3,13,14)(H2,15,18)/b17-8+. The van der Waals surface area contributed by atoms with E-state index in [1.807, 2.05) is 0 Å². The molecule has 8 nitrogen and oxygen atoms in total. The van der Waals surface area contributed by atoms with Gasteiger partial charge < -0.3 is 16.2 Å². The molecule has 98 valence electrons. The van der Waals surface area contributed by atoms with Gasteiger partial charge in [-0.05, 0) is 18.2 Å². The Morgan fingerprint density at radius 1 is 1.53 bits per heavy atom. The molecule has 0 saturated heterocycles. The second-order valence-corrected chi connectivity index (χ2v) is 3.38. The first kappa shape index (κ1) is 14.0. The number of nitrogens with zero attached hydrogens (tertiary/aromatic N) is 2. The zero-order valence-electron chi connectivity index (χ0n) is 10.1. The minimum Gasteiger partial charge on any atom is -0.494 e. The number of hydrazone groups is 1. The molecule has 19 heavy (non-hydrogen) atoms. The Balaban J connectivity index is 3.06. The Morgan fingerprint density at radius 3 is 2.68 bits per heavy atom. The number of hydrogen-bond donors (Lipinski definition) is 4. The topological polar surface area (TPSA) is 150 Å². The van der Waals surface area contributed by atoms with Crippen molar-refractivity contribution in [1.29, 1.82) is 10.7 Å². The van der Waals surface area contributed by atoms with Gasteiger partial charge in [-0.15, -0.1) is 0 Å². The fourth-order valence-corrected chi connectivity index (χ4v) is 1.20. The Bertz CT molecular complexity index is 587. The van der Waals surface area contributed by atoms with E-state index in [2.05, 4.69) is 10.5 Å². The number of carbonyl (C=O) groups excluding carboxylic acids is 1. The van der Waals surface area contributed by atoms with Gasteiger partial charge in [-0.1, -0.05) is 0 Å². The number of amides is 1. The van der Waals surface area contributed by atoms with Crippen molar-refractivity contribution in [2.24, 2.45) is 16.6 Å². The zero-order valence-corrected chi connectivity index (χ0v) is 10.1. The lowest BCUT2D eigenvalue weighted by Gasteiger charge is -2.09. The highest BCUT2D eigenvalue weighted by Crippen LogP contribution is 2.25. The third kappa shape index (κ3) is 3.44. The molecule has 0 aliphatic rings. The van der Waals surface area contributed by atoms with Crippen LogP contribution in [0.5, 0.6) is 5.75 Å². The fourth-order valence-electron chi connectivity index (χ4n) is 1.20. The van der Waals surface area contributed by atoms with Crippen LogP contribution in [0.4, 0.5) is 5.69 Å². The summed E-state index contributed by atoms with van der Waals surface area (Å²) in [6.45, 7) is 0. The largest absolute Gasteiger partial charge is 0.494 e. The van der Waals surface area contributed by atoms with E-state index in [0.29, 0.717) is 11.4 Å². The normalized spacial score (nSPS) is 10.4. The highest BCUT2D eigenvalue weighted by molar-refractivity contribution is 6.45. The Kier molecular flexibility index (Phi) is 4.43. The monoisotopic (exact) mass is 260 g/mol. The number of anilines is 1. The highest BCUT2D eigenvalue weighted by Gasteiger charge is 2.08. The molecule has 0 aliphatic carbocycles. The Hall–Kier alpha value is -3.08. The molecule has 0 atom stereocenters. The van der Waals surface area contributed by atoms with Crippen molar-refractivity contribution in [3.8, 4) is 11.8 Å². The number of rotatable bonds is 5. The number of nitrogens with one attached hydrogen (secondary N) is 2. The van der Waals surface area contributed by atoms with Crippen molar-refractivity contribution in [3.63, 3.8) is 0 Å². The summed E-state index contributed by atoms with van der Waals surface area (Å²) in [5.74, 6) is -0.724. The van der Waals surface area contributed by atoms with Gasteiger partial charge >= 0.3 is 0 Å². The molecule has 6 N–H and O–H groups in total. The number of methoxy groups -OCH3 is 1. The minimum atomic E-state index is -0.588. The summed E-state index contributed by atoms with van der Waals surface area (Å²) < 4.78 is 5.06. The van der Waals surface area contributed by atoms with Crippen molar-refractivity contribution >= 4 is 23.1 Å². The molecule has 1 amide bonds. The summed E-state index contributed by atoms with van der Waals surface area (Å²) in [5, 5.41) is 19.4. The van der Waals surface area contributed by atoms with Crippen molar-refractivity contribution < 1.29 is 9.53 Å². The van der Waals surface area contributed by atoms with E-state index >= 15 is 0 Å². The summed E-state index contributed by atoms with van der Waals surface area (Å²) in [6, 6.07) is 6.08. The molecule has 0 unspecified atom stereocenters. The predicted molar refractivity (Wildman–Crippen MR) is 70.1 cm³/mol. The number of ether oxygens (including phenoxy) is 1. The molecule has 0 aromatic heterocycles. The fraction of sp³-hybridized carbons (Fsp3) is 0.0909. The van der Waals surface area contributed by atoms with Crippen molar-refractivity contribution in [1.82, 2.24) is 0 Å².